The van der Waals surface area contributed by atoms with Crippen molar-refractivity contribution in [2.45, 2.75) is 45.8 Å². The molecule has 3 heterocycles. The van der Waals surface area contributed by atoms with Crippen molar-refractivity contribution >= 4 is 40.3 Å². The van der Waals surface area contributed by atoms with Gasteiger partial charge in [-0.15, -0.1) is 0 Å². The number of hydrogen-bond donors (Lipinski definition) is 1. The number of amides is 2. The van der Waals surface area contributed by atoms with Crippen molar-refractivity contribution in [3.05, 3.63) is 62.9 Å². The predicted molar refractivity (Wildman–Crippen MR) is 131 cm³/mol. The van der Waals surface area contributed by atoms with Crippen LogP contribution in [-0.4, -0.2) is 40.1 Å². The van der Waals surface area contributed by atoms with Crippen molar-refractivity contribution < 1.29 is 31.5 Å². The van der Waals surface area contributed by atoms with Gasteiger partial charge in [0.25, 0.3) is 5.91 Å². The molecule has 1 aliphatic rings. The minimum atomic E-state index is -4.78. The number of benzene rings is 1. The molecule has 0 spiro atoms. The summed E-state index contributed by atoms with van der Waals surface area (Å²) >= 11 is 6.11. The molecule has 1 saturated heterocycles. The monoisotopic (exact) mass is 556 g/mol. The van der Waals surface area contributed by atoms with Gasteiger partial charge in [-0.2, -0.15) is 13.2 Å². The molecule has 1 aliphatic heterocycles. The van der Waals surface area contributed by atoms with Crippen molar-refractivity contribution in [3.63, 3.8) is 0 Å². The topological polar surface area (TPSA) is 84.3 Å². The molecule has 0 radical (unpaired) electrons. The maximum atomic E-state index is 15.0. The van der Waals surface area contributed by atoms with Gasteiger partial charge in [-0.3, -0.25) is 23.9 Å². The van der Waals surface area contributed by atoms with Gasteiger partial charge in [0.15, 0.2) is 11.5 Å². The Morgan fingerprint density at radius 1 is 1.21 bits per heavy atom. The van der Waals surface area contributed by atoms with Crippen LogP contribution in [-0.2, 0) is 4.79 Å². The molecule has 1 N–H and O–H groups in total. The minimum absolute atomic E-state index is 0.125. The van der Waals surface area contributed by atoms with E-state index in [1.54, 1.807) is 19.2 Å². The third-order valence-corrected chi connectivity index (χ3v) is 6.76. The number of rotatable bonds is 5. The Balaban J connectivity index is 1.96. The summed E-state index contributed by atoms with van der Waals surface area (Å²) < 4.78 is 69.5. The van der Waals surface area contributed by atoms with Gasteiger partial charge in [0.2, 0.25) is 11.3 Å². The summed E-state index contributed by atoms with van der Waals surface area (Å²) in [5, 5.41) is 1.07. The summed E-state index contributed by atoms with van der Waals surface area (Å²) in [7, 11) is 0. The van der Waals surface area contributed by atoms with E-state index in [1.165, 1.54) is 24.0 Å². The van der Waals surface area contributed by atoms with E-state index in [2.05, 4.69) is 4.98 Å². The van der Waals surface area contributed by atoms with E-state index in [9.17, 15) is 36.3 Å². The van der Waals surface area contributed by atoms with Crippen LogP contribution >= 0.6 is 11.6 Å². The summed E-state index contributed by atoms with van der Waals surface area (Å²) in [6.45, 7) is 5.04. The van der Waals surface area contributed by atoms with E-state index >= 15 is 0 Å². The first-order valence-corrected chi connectivity index (χ1v) is 11.9. The molecule has 7 nitrogen and oxygen atoms in total. The highest BCUT2D eigenvalue weighted by Gasteiger charge is 2.41. The van der Waals surface area contributed by atoms with E-state index in [-0.39, 0.29) is 22.8 Å². The lowest BCUT2D eigenvalue weighted by molar-refractivity contribution is -0.153. The van der Waals surface area contributed by atoms with Crippen molar-refractivity contribution in [1.82, 2.24) is 14.9 Å². The lowest BCUT2D eigenvalue weighted by Crippen LogP contribution is -2.46. The maximum absolute atomic E-state index is 15.0. The van der Waals surface area contributed by atoms with E-state index < -0.39 is 63.3 Å². The molecule has 1 unspecified atom stereocenters. The van der Waals surface area contributed by atoms with E-state index in [0.29, 0.717) is 19.0 Å². The first-order chi connectivity index (χ1) is 17.7. The summed E-state index contributed by atoms with van der Waals surface area (Å²) in [6.07, 6.45) is -3.95. The fourth-order valence-electron chi connectivity index (χ4n) is 4.28. The zero-order valence-electron chi connectivity index (χ0n) is 20.4. The van der Waals surface area contributed by atoms with Gasteiger partial charge >= 0.3 is 6.18 Å². The summed E-state index contributed by atoms with van der Waals surface area (Å²) in [6, 6.07) is 1.65. The quantitative estimate of drug-likeness (QED) is 0.441. The molecule has 1 aromatic carbocycles. The number of anilines is 1. The third-order valence-electron chi connectivity index (χ3n) is 6.47. The van der Waals surface area contributed by atoms with E-state index in [0.717, 1.165) is 16.8 Å². The molecule has 202 valence electrons. The Bertz CT molecular complexity index is 1500. The van der Waals surface area contributed by atoms with Gasteiger partial charge < -0.3 is 5.32 Å². The van der Waals surface area contributed by atoms with Crippen molar-refractivity contribution in [1.29, 1.82) is 0 Å². The third kappa shape index (κ3) is 4.84. The second kappa shape index (κ2) is 9.64. The smallest absolute Gasteiger partial charge is 0.340 e. The molecule has 2 amide bonds. The Hall–Kier alpha value is -3.54. The predicted octanol–water partition coefficient (Wildman–Crippen LogP) is 5.15. The molecule has 3 aromatic rings. The standard InChI is InChI=1S/C25H22ClF5N4O3/c1-4-17(25(29,30)31)32-22(37)14-11-35(19-15(26)9-12(27)10-16(19)28)21-13(20(14)36)5-6-18(33-21)34-8-7-24(2,3)23(34)38/h5-6,9-11,17H,4,7-8H2,1-3H3,(H,32,37). The number of pyridine rings is 2. The SMILES string of the molecule is CCC(NC(=O)c1cn(-c2c(F)cc(F)cc2Cl)c2nc(N3CCC(C)(C)C3=O)ccc2c1=O)C(F)(F)F. The second-order valence-corrected chi connectivity index (χ2v) is 9.97. The van der Waals surface area contributed by atoms with Gasteiger partial charge in [-0.1, -0.05) is 32.4 Å². The minimum Gasteiger partial charge on any atom is -0.340 e. The highest BCUT2D eigenvalue weighted by molar-refractivity contribution is 6.32. The first-order valence-electron chi connectivity index (χ1n) is 11.6. The molecule has 13 heteroatoms. The summed E-state index contributed by atoms with van der Waals surface area (Å²) in [5.41, 5.74) is -3.12. The second-order valence-electron chi connectivity index (χ2n) is 9.57. The Morgan fingerprint density at radius 2 is 1.89 bits per heavy atom. The van der Waals surface area contributed by atoms with Gasteiger partial charge in [0.05, 0.1) is 10.4 Å². The summed E-state index contributed by atoms with van der Waals surface area (Å²) in [5.74, 6) is -3.65. The number of halogens is 6. The van der Waals surface area contributed by atoms with Crippen molar-refractivity contribution in [2.24, 2.45) is 5.41 Å². The molecular formula is C25H22ClF5N4O3. The average molecular weight is 557 g/mol. The number of nitrogens with zero attached hydrogens (tertiary/aromatic N) is 3. The van der Waals surface area contributed by atoms with Crippen LogP contribution in [0, 0.1) is 17.0 Å². The van der Waals surface area contributed by atoms with Gasteiger partial charge in [0, 0.05) is 24.2 Å². The molecule has 38 heavy (non-hydrogen) atoms. The van der Waals surface area contributed by atoms with Crippen LogP contribution in [0.15, 0.2) is 35.3 Å². The van der Waals surface area contributed by atoms with Crippen LogP contribution in [0.5, 0.6) is 0 Å². The van der Waals surface area contributed by atoms with Crippen LogP contribution in [0.4, 0.5) is 27.8 Å². The average Bonchev–Trinajstić information content (AvgIpc) is 3.09. The number of carbonyl (C=O) groups excluding carboxylic acids is 2. The summed E-state index contributed by atoms with van der Waals surface area (Å²) in [4.78, 5) is 44.7. The number of alkyl halides is 3. The van der Waals surface area contributed by atoms with Gasteiger partial charge in [-0.25, -0.2) is 13.8 Å². The lowest BCUT2D eigenvalue weighted by Gasteiger charge is -2.22. The largest absolute Gasteiger partial charge is 0.408 e. The van der Waals surface area contributed by atoms with Crippen molar-refractivity contribution in [3.8, 4) is 5.69 Å². The number of hydrogen-bond acceptors (Lipinski definition) is 4. The van der Waals surface area contributed by atoms with Gasteiger partial charge in [0.1, 0.15) is 28.9 Å². The van der Waals surface area contributed by atoms with E-state index in [1.807, 2.05) is 0 Å². The van der Waals surface area contributed by atoms with Crippen LogP contribution in [0.1, 0.15) is 44.0 Å². The molecule has 1 fully saturated rings. The van der Waals surface area contributed by atoms with Crippen LogP contribution < -0.4 is 15.6 Å². The highest BCUT2D eigenvalue weighted by atomic mass is 35.5. The zero-order valence-corrected chi connectivity index (χ0v) is 21.2. The van der Waals surface area contributed by atoms with Crippen LogP contribution in [0.3, 0.4) is 0 Å². The molecule has 0 saturated carbocycles. The molecule has 0 bridgehead atoms. The number of fused-ring (bicyclic) bond motifs is 1. The first kappa shape index (κ1) is 27.5. The molecule has 2 aromatic heterocycles. The Morgan fingerprint density at radius 3 is 2.45 bits per heavy atom. The fourth-order valence-corrected chi connectivity index (χ4v) is 4.56. The molecular weight excluding hydrogens is 535 g/mol. The number of aromatic nitrogens is 2. The van der Waals surface area contributed by atoms with Gasteiger partial charge in [-0.05, 0) is 31.0 Å². The zero-order chi connectivity index (χ0) is 28.2. The van der Waals surface area contributed by atoms with E-state index in [4.69, 9.17) is 11.6 Å². The molecule has 0 aliphatic carbocycles. The van der Waals surface area contributed by atoms with Crippen LogP contribution in [0.25, 0.3) is 16.7 Å². The Labute approximate surface area is 218 Å². The van der Waals surface area contributed by atoms with Crippen molar-refractivity contribution in [2.75, 3.05) is 11.4 Å². The molecule has 4 rings (SSSR count). The fraction of sp³-hybridized carbons (Fsp3) is 0.360. The Kier molecular flexibility index (Phi) is 6.98. The molecule has 1 atom stereocenters. The number of nitrogens with one attached hydrogen (secondary N) is 1. The van der Waals surface area contributed by atoms with Crippen LogP contribution in [0.2, 0.25) is 5.02 Å². The lowest BCUT2D eigenvalue weighted by atomic mass is 9.92. The highest BCUT2D eigenvalue weighted by Crippen LogP contribution is 2.34. The maximum Gasteiger partial charge on any atom is 0.408 e. The normalized spacial score (nSPS) is 16.2. The number of carbonyl (C=O) groups is 2.